The van der Waals surface area contributed by atoms with Crippen molar-refractivity contribution >= 4 is 28.6 Å². The average Bonchev–Trinajstić information content (AvgIpc) is 2.71. The second-order valence-corrected chi connectivity index (χ2v) is 7.38. The summed E-state index contributed by atoms with van der Waals surface area (Å²) in [6.07, 6.45) is 0. The molecule has 0 fully saturated rings. The molecule has 1 aliphatic rings. The van der Waals surface area contributed by atoms with E-state index in [-0.39, 0.29) is 11.6 Å². The minimum Gasteiger partial charge on any atom is -0.384 e. The van der Waals surface area contributed by atoms with Crippen molar-refractivity contribution < 1.29 is 9.59 Å². The van der Waals surface area contributed by atoms with Crippen molar-refractivity contribution in [1.29, 1.82) is 0 Å². The van der Waals surface area contributed by atoms with Gasteiger partial charge in [0, 0.05) is 29.0 Å². The summed E-state index contributed by atoms with van der Waals surface area (Å²) in [6.45, 7) is 4.93. The molecule has 0 amide bonds. The molecule has 0 bridgehead atoms. The highest BCUT2D eigenvalue weighted by atomic mass is 16.1. The van der Waals surface area contributed by atoms with Crippen molar-refractivity contribution in [3.8, 4) is 0 Å². The third-order valence-electron chi connectivity index (χ3n) is 4.83. The number of fused-ring (bicyclic) bond motifs is 2. The molecule has 3 aromatic rings. The third-order valence-corrected chi connectivity index (χ3v) is 4.83. The van der Waals surface area contributed by atoms with Crippen LogP contribution in [0.25, 0.3) is 0 Å². The Morgan fingerprint density at radius 3 is 1.86 bits per heavy atom. The molecule has 4 nitrogen and oxygen atoms in total. The van der Waals surface area contributed by atoms with Crippen LogP contribution < -0.4 is 10.6 Å². The van der Waals surface area contributed by atoms with E-state index in [1.165, 1.54) is 0 Å². The van der Waals surface area contributed by atoms with Gasteiger partial charge in [0.15, 0.2) is 11.6 Å². The first-order chi connectivity index (χ1) is 13.6. The van der Waals surface area contributed by atoms with Crippen molar-refractivity contribution in [3.05, 3.63) is 89.0 Å². The first kappa shape index (κ1) is 18.0. The van der Waals surface area contributed by atoms with Crippen LogP contribution in [0.4, 0.5) is 17.1 Å². The lowest BCUT2D eigenvalue weighted by atomic mass is 9.82. The number of carbonyl (C=O) groups is 2. The summed E-state index contributed by atoms with van der Waals surface area (Å²) in [5, 5.41) is 6.65. The van der Waals surface area contributed by atoms with E-state index in [0.717, 1.165) is 12.2 Å². The normalized spacial score (nSPS) is 12.5. The fraction of sp³-hybridized carbons (Fsp3) is 0.167. The fourth-order valence-electron chi connectivity index (χ4n) is 3.47. The Kier molecular flexibility index (Phi) is 4.70. The first-order valence-corrected chi connectivity index (χ1v) is 9.47. The zero-order valence-corrected chi connectivity index (χ0v) is 16.0. The van der Waals surface area contributed by atoms with Gasteiger partial charge in [0.1, 0.15) is 0 Å². The number of rotatable bonds is 5. The van der Waals surface area contributed by atoms with Gasteiger partial charge in [-0.15, -0.1) is 0 Å². The summed E-state index contributed by atoms with van der Waals surface area (Å²) >= 11 is 0. The zero-order valence-electron chi connectivity index (χ0n) is 16.0. The van der Waals surface area contributed by atoms with Gasteiger partial charge in [-0.1, -0.05) is 56.3 Å². The minimum absolute atomic E-state index is 0.117. The van der Waals surface area contributed by atoms with Crippen molar-refractivity contribution in [1.82, 2.24) is 0 Å². The average molecular weight is 370 g/mol. The second kappa shape index (κ2) is 7.31. The maximum Gasteiger partial charge on any atom is 0.196 e. The van der Waals surface area contributed by atoms with E-state index in [9.17, 15) is 9.59 Å². The van der Waals surface area contributed by atoms with Gasteiger partial charge in [0.05, 0.1) is 16.8 Å². The number of ketones is 2. The molecule has 140 valence electrons. The number of para-hydroxylation sites is 1. The van der Waals surface area contributed by atoms with Gasteiger partial charge in [-0.25, -0.2) is 0 Å². The summed E-state index contributed by atoms with van der Waals surface area (Å²) in [6, 6.07) is 20.4. The molecule has 0 saturated heterocycles. The smallest absolute Gasteiger partial charge is 0.196 e. The monoisotopic (exact) mass is 370 g/mol. The molecule has 0 aromatic heterocycles. The highest BCUT2D eigenvalue weighted by Crippen LogP contribution is 2.37. The molecule has 0 saturated carbocycles. The molecule has 0 spiro atoms. The van der Waals surface area contributed by atoms with E-state index in [0.29, 0.717) is 39.5 Å². The number of hydrogen-bond acceptors (Lipinski definition) is 4. The highest BCUT2D eigenvalue weighted by molar-refractivity contribution is 6.32. The summed E-state index contributed by atoms with van der Waals surface area (Å²) in [5.41, 5.74) is 4.01. The highest BCUT2D eigenvalue weighted by Gasteiger charge is 2.33. The predicted octanol–water partition coefficient (Wildman–Crippen LogP) is 5.27. The Morgan fingerprint density at radius 2 is 1.25 bits per heavy atom. The molecule has 4 heteroatoms. The van der Waals surface area contributed by atoms with Gasteiger partial charge in [-0.2, -0.15) is 0 Å². The van der Waals surface area contributed by atoms with Crippen LogP contribution in [0.5, 0.6) is 0 Å². The van der Waals surface area contributed by atoms with E-state index in [1.807, 2.05) is 42.5 Å². The second-order valence-electron chi connectivity index (χ2n) is 7.38. The summed E-state index contributed by atoms with van der Waals surface area (Å²) in [5.74, 6) is 0.171. The van der Waals surface area contributed by atoms with Crippen molar-refractivity contribution in [2.45, 2.75) is 13.8 Å². The summed E-state index contributed by atoms with van der Waals surface area (Å²) < 4.78 is 0. The standard InChI is InChI=1S/C24H22N2O2/c1-15(2)14-25-19-12-13-20(26-16-8-4-3-5-9-16)22-21(19)23(27)17-10-6-7-11-18(17)24(22)28/h3-13,15,25-26H,14H2,1-2H3. The van der Waals surface area contributed by atoms with Crippen LogP contribution in [0.1, 0.15) is 45.7 Å². The van der Waals surface area contributed by atoms with Crippen LogP contribution in [0.3, 0.4) is 0 Å². The predicted molar refractivity (Wildman–Crippen MR) is 113 cm³/mol. The first-order valence-electron chi connectivity index (χ1n) is 9.47. The molecule has 0 unspecified atom stereocenters. The summed E-state index contributed by atoms with van der Waals surface area (Å²) in [7, 11) is 0. The van der Waals surface area contributed by atoms with E-state index >= 15 is 0 Å². The molecular formula is C24H22N2O2. The van der Waals surface area contributed by atoms with Crippen molar-refractivity contribution in [2.75, 3.05) is 17.2 Å². The maximum atomic E-state index is 13.3. The van der Waals surface area contributed by atoms with Gasteiger partial charge in [-0.05, 0) is 30.2 Å². The molecule has 0 atom stereocenters. The van der Waals surface area contributed by atoms with Crippen LogP contribution in [0.15, 0.2) is 66.7 Å². The Hall–Kier alpha value is -3.40. The quantitative estimate of drug-likeness (QED) is 0.502. The summed E-state index contributed by atoms with van der Waals surface area (Å²) in [4.78, 5) is 26.6. The molecule has 0 heterocycles. The molecule has 1 aliphatic carbocycles. The SMILES string of the molecule is CC(C)CNc1ccc(Nc2ccccc2)c2c1C(=O)c1ccccc1C2=O. The number of benzene rings is 3. The Morgan fingerprint density at radius 1 is 0.714 bits per heavy atom. The van der Waals surface area contributed by atoms with E-state index in [4.69, 9.17) is 0 Å². The molecule has 28 heavy (non-hydrogen) atoms. The lowest BCUT2D eigenvalue weighted by molar-refractivity contribution is 0.0980. The van der Waals surface area contributed by atoms with Gasteiger partial charge in [0.2, 0.25) is 0 Å². The number of anilines is 3. The van der Waals surface area contributed by atoms with Crippen LogP contribution in [-0.4, -0.2) is 18.1 Å². The third kappa shape index (κ3) is 3.18. The lowest BCUT2D eigenvalue weighted by Crippen LogP contribution is -2.24. The van der Waals surface area contributed by atoms with Gasteiger partial charge < -0.3 is 10.6 Å². The van der Waals surface area contributed by atoms with Crippen LogP contribution in [0, 0.1) is 5.92 Å². The Balaban J connectivity index is 1.87. The van der Waals surface area contributed by atoms with E-state index < -0.39 is 0 Å². The Labute approximate surface area is 164 Å². The van der Waals surface area contributed by atoms with E-state index in [2.05, 4.69) is 24.5 Å². The van der Waals surface area contributed by atoms with Crippen LogP contribution in [-0.2, 0) is 0 Å². The Bertz CT molecular complexity index is 1060. The van der Waals surface area contributed by atoms with Gasteiger partial charge in [0.25, 0.3) is 0 Å². The van der Waals surface area contributed by atoms with Crippen molar-refractivity contribution in [3.63, 3.8) is 0 Å². The van der Waals surface area contributed by atoms with Gasteiger partial charge >= 0.3 is 0 Å². The van der Waals surface area contributed by atoms with Crippen LogP contribution >= 0.6 is 0 Å². The van der Waals surface area contributed by atoms with Crippen LogP contribution in [0.2, 0.25) is 0 Å². The number of hydrogen-bond donors (Lipinski definition) is 2. The van der Waals surface area contributed by atoms with Crippen molar-refractivity contribution in [2.24, 2.45) is 5.92 Å². The molecule has 3 aromatic carbocycles. The minimum atomic E-state index is -0.128. The largest absolute Gasteiger partial charge is 0.384 e. The number of nitrogens with one attached hydrogen (secondary N) is 2. The number of carbonyl (C=O) groups excluding carboxylic acids is 2. The molecular weight excluding hydrogens is 348 g/mol. The fourth-order valence-corrected chi connectivity index (χ4v) is 3.47. The molecule has 4 rings (SSSR count). The molecule has 0 aliphatic heterocycles. The zero-order chi connectivity index (χ0) is 19.7. The lowest BCUT2D eigenvalue weighted by Gasteiger charge is -2.24. The molecule has 2 N–H and O–H groups in total. The van der Waals surface area contributed by atoms with Gasteiger partial charge in [-0.3, -0.25) is 9.59 Å². The van der Waals surface area contributed by atoms with E-state index in [1.54, 1.807) is 24.3 Å². The molecule has 0 radical (unpaired) electrons. The maximum absolute atomic E-state index is 13.3. The topological polar surface area (TPSA) is 58.2 Å².